The van der Waals surface area contributed by atoms with Crippen molar-refractivity contribution in [2.24, 2.45) is 0 Å². The van der Waals surface area contributed by atoms with E-state index in [0.29, 0.717) is 46.9 Å². The number of fused-ring (bicyclic) bond motifs is 2. The number of allylic oxidation sites excluding steroid dienone is 2. The molecule has 0 aromatic carbocycles. The second-order valence-corrected chi connectivity index (χ2v) is 7.83. The molecule has 2 aliphatic heterocycles. The molecule has 4 rings (SSSR count). The van der Waals surface area contributed by atoms with Gasteiger partial charge in [0, 0.05) is 23.8 Å². The lowest BCUT2D eigenvalue weighted by molar-refractivity contribution is -0.363. The quantitative estimate of drug-likeness (QED) is 0.499. The average Bonchev–Trinajstić information content (AvgIpc) is 3.07. The largest absolute Gasteiger partial charge is 0.737 e. The maximum absolute atomic E-state index is 16.0. The third-order valence-electron chi connectivity index (χ3n) is 6.47. The van der Waals surface area contributed by atoms with Gasteiger partial charge in [-0.25, -0.2) is 4.98 Å². The van der Waals surface area contributed by atoms with Crippen molar-refractivity contribution in [2.45, 2.75) is 54.4 Å². The molecule has 2 aliphatic rings. The Morgan fingerprint density at radius 2 is 1.76 bits per heavy atom. The van der Waals surface area contributed by atoms with Crippen LogP contribution in [0.15, 0.2) is 35.0 Å². The van der Waals surface area contributed by atoms with Crippen LogP contribution in [0, 0.1) is 19.8 Å². The summed E-state index contributed by atoms with van der Waals surface area (Å²) in [5.41, 5.74) is 6.45. The van der Waals surface area contributed by atoms with Gasteiger partial charge in [0.1, 0.15) is 5.71 Å². The third-order valence-corrected chi connectivity index (χ3v) is 6.47. The third kappa shape index (κ3) is 2.45. The first-order chi connectivity index (χ1) is 13.7. The van der Waals surface area contributed by atoms with Gasteiger partial charge >= 0.3 is 6.97 Å². The van der Waals surface area contributed by atoms with Crippen molar-refractivity contribution in [1.29, 1.82) is 0 Å². The van der Waals surface area contributed by atoms with Crippen molar-refractivity contribution in [3.63, 3.8) is 0 Å². The molecule has 2 aromatic rings. The molecule has 0 amide bonds. The Morgan fingerprint density at radius 1 is 1.07 bits per heavy atom. The predicted octanol–water partition coefficient (Wildman–Crippen LogP) is 5.41. The molecule has 152 valence electrons. The zero-order chi connectivity index (χ0) is 21.2. The van der Waals surface area contributed by atoms with Crippen LogP contribution in [0.3, 0.4) is 0 Å². The topological polar surface area (TPSA) is 20.8 Å². The molecule has 0 unspecified atom stereocenters. The first-order valence-corrected chi connectivity index (χ1v) is 10.1. The molecular formula is C22H25BF3N3. The molecule has 4 heterocycles. The van der Waals surface area contributed by atoms with Gasteiger partial charge in [-0.3, -0.25) is 0 Å². The molecule has 0 N–H and O–H groups in total. The van der Waals surface area contributed by atoms with Gasteiger partial charge in [-0.05, 0) is 62.6 Å². The van der Waals surface area contributed by atoms with Crippen molar-refractivity contribution in [3.8, 4) is 0 Å². The minimum absolute atomic E-state index is 0.380. The summed E-state index contributed by atoms with van der Waals surface area (Å²) in [5.74, 6) is -0.621. The van der Waals surface area contributed by atoms with Crippen LogP contribution >= 0.6 is 0 Å². The summed E-state index contributed by atoms with van der Waals surface area (Å²) in [6.45, 7) is 7.12. The van der Waals surface area contributed by atoms with Gasteiger partial charge in [0.15, 0.2) is 5.70 Å². The Morgan fingerprint density at radius 3 is 2.34 bits per heavy atom. The lowest BCUT2D eigenvalue weighted by Crippen LogP contribution is -2.51. The smallest absolute Gasteiger partial charge is 0.393 e. The van der Waals surface area contributed by atoms with Crippen LogP contribution in [0.5, 0.6) is 0 Å². The summed E-state index contributed by atoms with van der Waals surface area (Å²) in [5, 5.41) is 0. The summed E-state index contributed by atoms with van der Waals surface area (Å²) in [4.78, 5) is 4.09. The Kier molecular flexibility index (Phi) is 4.41. The molecular weight excluding hydrogens is 374 g/mol. The highest BCUT2D eigenvalue weighted by molar-refractivity contribution is 6.58. The summed E-state index contributed by atoms with van der Waals surface area (Å²) in [7, 11) is 0. The van der Waals surface area contributed by atoms with Crippen LogP contribution in [0.2, 0.25) is 0 Å². The Balaban J connectivity index is 2.24. The van der Waals surface area contributed by atoms with E-state index in [2.05, 4.69) is 4.98 Å². The van der Waals surface area contributed by atoms with Gasteiger partial charge < -0.3 is 17.6 Å². The van der Waals surface area contributed by atoms with E-state index in [1.807, 2.05) is 27.7 Å². The molecule has 0 radical (unpaired) electrons. The summed E-state index contributed by atoms with van der Waals surface area (Å²) < 4.78 is 48.4. The molecule has 29 heavy (non-hydrogen) atoms. The maximum Gasteiger partial charge on any atom is 0.737 e. The summed E-state index contributed by atoms with van der Waals surface area (Å²) in [6, 6.07) is 4.55. The van der Waals surface area contributed by atoms with Crippen LogP contribution < -0.4 is 0 Å². The van der Waals surface area contributed by atoms with Gasteiger partial charge in [0.2, 0.25) is 5.95 Å². The van der Waals surface area contributed by atoms with Gasteiger partial charge in [-0.1, -0.05) is 19.9 Å². The monoisotopic (exact) mass is 399 g/mol. The molecule has 0 aliphatic carbocycles. The highest BCUT2D eigenvalue weighted by Gasteiger charge is 2.56. The molecule has 0 spiro atoms. The van der Waals surface area contributed by atoms with Crippen LogP contribution in [0.25, 0.3) is 5.57 Å². The second-order valence-electron chi connectivity index (χ2n) is 7.83. The fraction of sp³-hybridized carbons (Fsp3) is 0.364. The molecule has 7 heteroatoms. The van der Waals surface area contributed by atoms with Crippen LogP contribution in [-0.4, -0.2) is 26.6 Å². The van der Waals surface area contributed by atoms with E-state index in [1.165, 1.54) is 15.0 Å². The fourth-order valence-electron chi connectivity index (χ4n) is 5.27. The van der Waals surface area contributed by atoms with Crippen LogP contribution in [0.4, 0.5) is 13.0 Å². The van der Waals surface area contributed by atoms with Crippen molar-refractivity contribution < 1.29 is 17.5 Å². The number of hydrogen-bond acceptors (Lipinski definition) is 1. The number of nitrogens with zero attached hydrogens (tertiary/aromatic N) is 3. The number of pyridine rings is 1. The SMILES string of the molecule is CCC1=C(C)C2=C(c3cccc(F)n3)c3c(C)c(CC)c(C)n3[B-](F)(F)[N+]2=C1C. The predicted molar refractivity (Wildman–Crippen MR) is 111 cm³/mol. The summed E-state index contributed by atoms with van der Waals surface area (Å²) >= 11 is 0. The van der Waals surface area contributed by atoms with Crippen molar-refractivity contribution in [3.05, 3.63) is 69.2 Å². The first-order valence-electron chi connectivity index (χ1n) is 10.1. The fourth-order valence-corrected chi connectivity index (χ4v) is 5.27. The number of rotatable bonds is 3. The molecule has 0 fully saturated rings. The van der Waals surface area contributed by atoms with Crippen LogP contribution in [0.1, 0.15) is 62.3 Å². The zero-order valence-corrected chi connectivity index (χ0v) is 17.7. The molecule has 0 atom stereocenters. The van der Waals surface area contributed by atoms with E-state index in [-0.39, 0.29) is 0 Å². The highest BCUT2D eigenvalue weighted by atomic mass is 19.2. The summed E-state index contributed by atoms with van der Waals surface area (Å²) in [6.07, 6.45) is 1.31. The minimum Gasteiger partial charge on any atom is -0.393 e. The Bertz CT molecular complexity index is 1150. The van der Waals surface area contributed by atoms with Gasteiger partial charge in [0.05, 0.1) is 11.3 Å². The molecule has 0 saturated heterocycles. The number of hydrogen-bond donors (Lipinski definition) is 0. The highest BCUT2D eigenvalue weighted by Crippen LogP contribution is 2.46. The molecule has 2 aromatic heterocycles. The van der Waals surface area contributed by atoms with Gasteiger partial charge in [0.25, 0.3) is 0 Å². The zero-order valence-electron chi connectivity index (χ0n) is 17.7. The number of halogens is 3. The first kappa shape index (κ1) is 19.7. The minimum atomic E-state index is -4.07. The van der Waals surface area contributed by atoms with E-state index >= 15 is 8.63 Å². The standard InChI is InChI=1S/C22H25BF3N3/c1-7-16-12(3)21-20(18-10-9-11-19(24)27-18)22-13(4)17(8-2)15(6)29(22)23(25,26)28(21)14(16)5/h9-11H,7-8H2,1-6H3. The number of aromatic nitrogens is 2. The van der Waals surface area contributed by atoms with Gasteiger partial charge in [-0.15, -0.1) is 0 Å². The van der Waals surface area contributed by atoms with Gasteiger partial charge in [-0.2, -0.15) is 4.39 Å². The Hall–Kier alpha value is -2.57. The van der Waals surface area contributed by atoms with E-state index in [0.717, 1.165) is 22.3 Å². The second kappa shape index (κ2) is 6.47. The molecule has 3 nitrogen and oxygen atoms in total. The van der Waals surface area contributed by atoms with Crippen molar-refractivity contribution in [2.75, 3.05) is 0 Å². The lowest BCUT2D eigenvalue weighted by atomic mass is 9.85. The Labute approximate surface area is 169 Å². The average molecular weight is 399 g/mol. The van der Waals surface area contributed by atoms with E-state index in [4.69, 9.17) is 0 Å². The van der Waals surface area contributed by atoms with Crippen LogP contribution in [-0.2, 0) is 6.42 Å². The van der Waals surface area contributed by atoms with Crippen molar-refractivity contribution in [1.82, 2.24) is 9.46 Å². The van der Waals surface area contributed by atoms with Crippen molar-refractivity contribution >= 4 is 18.3 Å². The van der Waals surface area contributed by atoms with E-state index in [1.54, 1.807) is 26.0 Å². The molecule has 0 saturated carbocycles. The normalized spacial score (nSPS) is 18.0. The van der Waals surface area contributed by atoms with E-state index < -0.39 is 12.9 Å². The van der Waals surface area contributed by atoms with E-state index in [9.17, 15) is 4.39 Å². The lowest BCUT2D eigenvalue weighted by Gasteiger charge is -2.33. The molecule has 0 bridgehead atoms. The maximum atomic E-state index is 16.0.